The van der Waals surface area contributed by atoms with Crippen molar-refractivity contribution in [2.75, 3.05) is 6.54 Å². The zero-order valence-electron chi connectivity index (χ0n) is 8.73. The molecule has 0 amide bonds. The van der Waals surface area contributed by atoms with Crippen molar-refractivity contribution >= 4 is 64.3 Å². The van der Waals surface area contributed by atoms with Crippen LogP contribution in [0, 0.1) is 0 Å². The summed E-state index contributed by atoms with van der Waals surface area (Å²) in [6.45, 7) is 1.47. The highest BCUT2D eigenvalue weighted by Crippen LogP contribution is 2.50. The van der Waals surface area contributed by atoms with Crippen LogP contribution in [0.5, 0.6) is 0 Å². The van der Waals surface area contributed by atoms with Gasteiger partial charge in [-0.05, 0) is 6.92 Å². The molecule has 0 aliphatic carbocycles. The summed E-state index contributed by atoms with van der Waals surface area (Å²) in [6.07, 6.45) is -6.06. The van der Waals surface area contributed by atoms with Crippen LogP contribution in [-0.2, 0) is 0 Å². The molecule has 1 unspecified atom stereocenters. The Balaban J connectivity index is 3.13. The zero-order valence-corrected chi connectivity index (χ0v) is 12.5. The Morgan fingerprint density at radius 2 is 1.67 bits per heavy atom. The Hall–Kier alpha value is 0.510. The van der Waals surface area contributed by atoms with E-state index >= 15 is 0 Å². The fourth-order valence-corrected chi connectivity index (χ4v) is 1.91. The first kappa shape index (κ1) is 16.6. The highest BCUT2D eigenvalue weighted by molar-refractivity contribution is 6.75. The number of nitrogens with zero attached hydrogens (tertiary/aromatic N) is 3. The van der Waals surface area contributed by atoms with Crippen LogP contribution < -0.4 is 0 Å². The Morgan fingerprint density at radius 1 is 1.17 bits per heavy atom. The minimum atomic E-state index is -4.67. The Kier molecular flexibility index (Phi) is 4.72. The SMILES string of the molecule is CCN1N=CN(C(Cl)(Cl)C(Cl)(Cl)Cl)C1C(F)(F)F. The molecule has 1 rings (SSSR count). The fourth-order valence-electron chi connectivity index (χ4n) is 1.35. The van der Waals surface area contributed by atoms with Gasteiger partial charge in [-0.15, -0.1) is 0 Å². The number of hydrazone groups is 1. The van der Waals surface area contributed by atoms with Crippen molar-refractivity contribution in [3.8, 4) is 0 Å². The Labute approximate surface area is 126 Å². The minimum absolute atomic E-state index is 0.0130. The topological polar surface area (TPSA) is 18.8 Å². The molecule has 0 bridgehead atoms. The summed E-state index contributed by atoms with van der Waals surface area (Å²) in [7, 11) is 0. The van der Waals surface area contributed by atoms with E-state index in [-0.39, 0.29) is 6.54 Å². The van der Waals surface area contributed by atoms with Crippen LogP contribution in [0.1, 0.15) is 6.92 Å². The number of halogens is 8. The maximum absolute atomic E-state index is 13.0. The predicted molar refractivity (Wildman–Crippen MR) is 67.3 cm³/mol. The summed E-state index contributed by atoms with van der Waals surface area (Å²) in [6, 6.07) is 0. The van der Waals surface area contributed by atoms with E-state index in [4.69, 9.17) is 58.0 Å². The highest BCUT2D eigenvalue weighted by Gasteiger charge is 2.60. The summed E-state index contributed by atoms with van der Waals surface area (Å²) < 4.78 is 34.1. The van der Waals surface area contributed by atoms with Crippen LogP contribution in [0.4, 0.5) is 13.2 Å². The molecule has 106 valence electrons. The average molecular weight is 367 g/mol. The van der Waals surface area contributed by atoms with Crippen LogP contribution in [-0.4, -0.2) is 43.4 Å². The van der Waals surface area contributed by atoms with E-state index in [1.165, 1.54) is 6.92 Å². The average Bonchev–Trinajstić information content (AvgIpc) is 2.58. The van der Waals surface area contributed by atoms with Crippen molar-refractivity contribution in [1.82, 2.24) is 9.91 Å². The van der Waals surface area contributed by atoms with Gasteiger partial charge in [0.1, 0.15) is 6.34 Å². The summed E-state index contributed by atoms with van der Waals surface area (Å²) in [5, 5.41) is 4.26. The molecule has 18 heavy (non-hydrogen) atoms. The number of hydrogen-bond acceptors (Lipinski definition) is 3. The summed E-state index contributed by atoms with van der Waals surface area (Å²) in [5.74, 6) is 0. The fraction of sp³-hybridized carbons (Fsp3) is 0.857. The van der Waals surface area contributed by atoms with Gasteiger partial charge < -0.3 is 0 Å². The summed E-state index contributed by atoms with van der Waals surface area (Å²) >= 11 is 27.9. The smallest absolute Gasteiger partial charge is 0.296 e. The molecule has 0 saturated heterocycles. The van der Waals surface area contributed by atoms with Crippen LogP contribution in [0.3, 0.4) is 0 Å². The molecule has 1 aliphatic heterocycles. The molecule has 1 heterocycles. The van der Waals surface area contributed by atoms with Crippen LogP contribution in [0.15, 0.2) is 5.10 Å². The van der Waals surface area contributed by atoms with E-state index in [0.29, 0.717) is 4.90 Å². The quantitative estimate of drug-likeness (QED) is 0.544. The van der Waals surface area contributed by atoms with Gasteiger partial charge in [0, 0.05) is 6.54 Å². The van der Waals surface area contributed by atoms with Crippen LogP contribution >= 0.6 is 58.0 Å². The minimum Gasteiger partial charge on any atom is -0.296 e. The molecule has 0 fully saturated rings. The number of alkyl halides is 8. The molecular formula is C7H7Cl5F3N3. The monoisotopic (exact) mass is 365 g/mol. The van der Waals surface area contributed by atoms with Gasteiger partial charge in [-0.3, -0.25) is 9.91 Å². The first-order valence-electron chi connectivity index (χ1n) is 4.53. The lowest BCUT2D eigenvalue weighted by Crippen LogP contribution is -2.59. The molecule has 0 spiro atoms. The van der Waals surface area contributed by atoms with Crippen molar-refractivity contribution in [2.45, 2.75) is 27.5 Å². The highest BCUT2D eigenvalue weighted by atomic mass is 35.6. The van der Waals surface area contributed by atoms with Crippen molar-refractivity contribution in [3.05, 3.63) is 0 Å². The maximum atomic E-state index is 13.0. The second-order valence-corrected chi connectivity index (χ2v) is 6.92. The summed E-state index contributed by atoms with van der Waals surface area (Å²) in [5.41, 5.74) is 0. The molecule has 1 aliphatic rings. The third-order valence-electron chi connectivity index (χ3n) is 2.15. The van der Waals surface area contributed by atoms with E-state index in [1.807, 2.05) is 0 Å². The van der Waals surface area contributed by atoms with E-state index in [2.05, 4.69) is 5.10 Å². The van der Waals surface area contributed by atoms with Gasteiger partial charge in [0.15, 0.2) is 0 Å². The van der Waals surface area contributed by atoms with Gasteiger partial charge in [0.25, 0.3) is 0 Å². The normalized spacial score (nSPS) is 21.9. The predicted octanol–water partition coefficient (Wildman–Crippen LogP) is 3.96. The number of hydrogen-bond donors (Lipinski definition) is 0. The zero-order chi connectivity index (χ0) is 14.4. The molecule has 0 N–H and O–H groups in total. The van der Waals surface area contributed by atoms with Crippen molar-refractivity contribution < 1.29 is 13.2 Å². The molecule has 3 nitrogen and oxygen atoms in total. The van der Waals surface area contributed by atoms with Crippen molar-refractivity contribution in [1.29, 1.82) is 0 Å². The van der Waals surface area contributed by atoms with Gasteiger partial charge >= 0.3 is 6.18 Å². The van der Waals surface area contributed by atoms with Gasteiger partial charge in [0.2, 0.25) is 14.4 Å². The first-order chi connectivity index (χ1) is 7.93. The van der Waals surface area contributed by atoms with Gasteiger partial charge in [0.05, 0.1) is 0 Å². The van der Waals surface area contributed by atoms with Crippen molar-refractivity contribution in [3.63, 3.8) is 0 Å². The molecule has 0 radical (unpaired) electrons. The number of rotatable bonds is 2. The standard InChI is InChI=1S/C7H7Cl5F3N3/c1-2-18-4(5(13,14)15)17(3-16-18)7(11,12)6(8,9)10/h3-4H,2H2,1H3. The maximum Gasteiger partial charge on any atom is 0.429 e. The molecule has 0 aromatic carbocycles. The Morgan fingerprint density at radius 3 is 2.00 bits per heavy atom. The molecule has 11 heteroatoms. The third kappa shape index (κ3) is 2.98. The third-order valence-corrected chi connectivity index (χ3v) is 4.51. The molecule has 0 aromatic heterocycles. The van der Waals surface area contributed by atoms with E-state index in [0.717, 1.165) is 11.3 Å². The molecular weight excluding hydrogens is 360 g/mol. The van der Waals surface area contributed by atoms with E-state index in [9.17, 15) is 13.2 Å². The summed E-state index contributed by atoms with van der Waals surface area (Å²) in [4.78, 5) is 0.451. The van der Waals surface area contributed by atoms with E-state index in [1.54, 1.807) is 0 Å². The van der Waals surface area contributed by atoms with Crippen molar-refractivity contribution in [2.24, 2.45) is 5.10 Å². The molecule has 0 aromatic rings. The lowest BCUT2D eigenvalue weighted by molar-refractivity contribution is -0.209. The molecule has 0 saturated carbocycles. The second kappa shape index (κ2) is 5.13. The second-order valence-electron chi connectivity index (χ2n) is 3.35. The van der Waals surface area contributed by atoms with Gasteiger partial charge in [-0.1, -0.05) is 58.0 Å². The Bertz CT molecular complexity index is 340. The lowest BCUT2D eigenvalue weighted by atomic mass is 10.4. The van der Waals surface area contributed by atoms with Crippen LogP contribution in [0.25, 0.3) is 0 Å². The largest absolute Gasteiger partial charge is 0.429 e. The van der Waals surface area contributed by atoms with E-state index < -0.39 is 20.6 Å². The van der Waals surface area contributed by atoms with Gasteiger partial charge in [-0.25, -0.2) is 0 Å². The first-order valence-corrected chi connectivity index (χ1v) is 6.42. The van der Waals surface area contributed by atoms with Crippen LogP contribution in [0.2, 0.25) is 0 Å². The lowest BCUT2D eigenvalue weighted by Gasteiger charge is -2.41. The molecule has 1 atom stereocenters. The van der Waals surface area contributed by atoms with Gasteiger partial charge in [-0.2, -0.15) is 18.3 Å².